The quantitative estimate of drug-likeness (QED) is 0.775. The first-order chi connectivity index (χ1) is 9.20. The van der Waals surface area contributed by atoms with Gasteiger partial charge in [0.25, 0.3) is 0 Å². The third kappa shape index (κ3) is 3.80. The number of rotatable bonds is 5. The summed E-state index contributed by atoms with van der Waals surface area (Å²) in [4.78, 5) is 4.34. The number of nitrogens with zero attached hydrogens (tertiary/aromatic N) is 1. The van der Waals surface area contributed by atoms with Crippen LogP contribution in [0, 0.1) is 6.92 Å². The van der Waals surface area contributed by atoms with Crippen molar-refractivity contribution in [1.82, 2.24) is 4.98 Å². The van der Waals surface area contributed by atoms with Crippen molar-refractivity contribution in [1.29, 1.82) is 0 Å². The lowest BCUT2D eigenvalue weighted by Crippen LogP contribution is -2.10. The molecule has 100 valence electrons. The molecule has 0 spiro atoms. The first kappa shape index (κ1) is 14.1. The van der Waals surface area contributed by atoms with Crippen LogP contribution in [-0.2, 0) is 0 Å². The molecule has 2 rings (SSSR count). The van der Waals surface area contributed by atoms with E-state index in [1.165, 1.54) is 5.56 Å². The van der Waals surface area contributed by atoms with E-state index in [0.29, 0.717) is 6.04 Å². The minimum absolute atomic E-state index is 0.341. The molecule has 0 aliphatic carbocycles. The van der Waals surface area contributed by atoms with E-state index < -0.39 is 0 Å². The van der Waals surface area contributed by atoms with Crippen molar-refractivity contribution in [2.75, 3.05) is 5.32 Å². The first-order valence-corrected chi connectivity index (χ1v) is 7.43. The van der Waals surface area contributed by atoms with Gasteiger partial charge in [0.2, 0.25) is 0 Å². The Labute approximate surface area is 123 Å². The number of anilines is 1. The van der Waals surface area contributed by atoms with Crippen LogP contribution in [0.1, 0.15) is 36.9 Å². The monoisotopic (exact) mass is 318 g/mol. The molecular weight excluding hydrogens is 300 g/mol. The number of aromatic nitrogens is 1. The summed E-state index contributed by atoms with van der Waals surface area (Å²) in [5, 5.41) is 3.58. The molecule has 0 saturated heterocycles. The summed E-state index contributed by atoms with van der Waals surface area (Å²) in [5.74, 6) is 0. The standard InChI is InChI=1S/C16H19BrN2/c1-3-7-15(13-8-5-4-6-9-13)19-14-10-12(2)16(17)18-11-14/h4-6,8-11,15,19H,3,7H2,1-2H3. The highest BCUT2D eigenvalue weighted by Gasteiger charge is 2.10. The highest BCUT2D eigenvalue weighted by Crippen LogP contribution is 2.25. The number of benzene rings is 1. The zero-order valence-corrected chi connectivity index (χ0v) is 12.9. The second kappa shape index (κ2) is 6.71. The first-order valence-electron chi connectivity index (χ1n) is 6.64. The van der Waals surface area contributed by atoms with Gasteiger partial charge < -0.3 is 5.32 Å². The summed E-state index contributed by atoms with van der Waals surface area (Å²) in [6, 6.07) is 13.0. The van der Waals surface area contributed by atoms with Gasteiger partial charge in [0.05, 0.1) is 17.9 Å². The predicted molar refractivity (Wildman–Crippen MR) is 84.4 cm³/mol. The van der Waals surface area contributed by atoms with Crippen LogP contribution in [0.3, 0.4) is 0 Å². The summed E-state index contributed by atoms with van der Waals surface area (Å²) >= 11 is 3.43. The molecule has 0 aliphatic heterocycles. The molecule has 1 N–H and O–H groups in total. The molecule has 0 amide bonds. The van der Waals surface area contributed by atoms with Gasteiger partial charge in [-0.2, -0.15) is 0 Å². The van der Waals surface area contributed by atoms with Gasteiger partial charge in [-0.1, -0.05) is 43.7 Å². The third-order valence-corrected chi connectivity index (χ3v) is 3.96. The van der Waals surface area contributed by atoms with Crippen molar-refractivity contribution in [3.63, 3.8) is 0 Å². The van der Waals surface area contributed by atoms with Gasteiger partial charge in [0.15, 0.2) is 0 Å². The summed E-state index contributed by atoms with van der Waals surface area (Å²) in [6.45, 7) is 4.27. The minimum atomic E-state index is 0.341. The second-order valence-corrected chi connectivity index (χ2v) is 5.48. The molecule has 2 aromatic rings. The second-order valence-electron chi connectivity index (χ2n) is 4.73. The van der Waals surface area contributed by atoms with Crippen LogP contribution >= 0.6 is 15.9 Å². The average Bonchev–Trinajstić information content (AvgIpc) is 2.43. The molecule has 1 aromatic heterocycles. The average molecular weight is 319 g/mol. The van der Waals surface area contributed by atoms with E-state index in [-0.39, 0.29) is 0 Å². The molecule has 0 bridgehead atoms. The van der Waals surface area contributed by atoms with Gasteiger partial charge in [-0.25, -0.2) is 4.98 Å². The Bertz CT molecular complexity index is 526. The van der Waals surface area contributed by atoms with E-state index in [2.05, 4.69) is 76.5 Å². The van der Waals surface area contributed by atoms with Crippen molar-refractivity contribution in [2.45, 2.75) is 32.7 Å². The van der Waals surface area contributed by atoms with Crippen molar-refractivity contribution in [3.8, 4) is 0 Å². The smallest absolute Gasteiger partial charge is 0.109 e. The summed E-state index contributed by atoms with van der Waals surface area (Å²) in [5.41, 5.74) is 3.54. The van der Waals surface area contributed by atoms with Crippen LogP contribution in [0.2, 0.25) is 0 Å². The summed E-state index contributed by atoms with van der Waals surface area (Å²) in [7, 11) is 0. The van der Waals surface area contributed by atoms with Gasteiger partial charge in [-0.15, -0.1) is 0 Å². The van der Waals surface area contributed by atoms with Crippen LogP contribution < -0.4 is 5.32 Å². The van der Waals surface area contributed by atoms with Crippen LogP contribution in [-0.4, -0.2) is 4.98 Å². The lowest BCUT2D eigenvalue weighted by Gasteiger charge is -2.20. The zero-order chi connectivity index (χ0) is 13.7. The Morgan fingerprint density at radius 2 is 2.00 bits per heavy atom. The van der Waals surface area contributed by atoms with Crippen LogP contribution in [0.4, 0.5) is 5.69 Å². The highest BCUT2D eigenvalue weighted by molar-refractivity contribution is 9.10. The Morgan fingerprint density at radius 3 is 2.63 bits per heavy atom. The number of halogens is 1. The maximum absolute atomic E-state index is 4.34. The van der Waals surface area contributed by atoms with Gasteiger partial charge in [0.1, 0.15) is 4.60 Å². The molecule has 0 saturated carbocycles. The normalized spacial score (nSPS) is 12.2. The maximum atomic E-state index is 4.34. The Hall–Kier alpha value is -1.35. The van der Waals surface area contributed by atoms with Crippen molar-refractivity contribution >= 4 is 21.6 Å². The molecule has 3 heteroatoms. The van der Waals surface area contributed by atoms with E-state index in [4.69, 9.17) is 0 Å². The number of aryl methyl sites for hydroxylation is 1. The van der Waals surface area contributed by atoms with Crippen molar-refractivity contribution in [3.05, 3.63) is 58.3 Å². The van der Waals surface area contributed by atoms with E-state index in [0.717, 1.165) is 28.7 Å². The van der Waals surface area contributed by atoms with E-state index in [1.54, 1.807) is 0 Å². The number of pyridine rings is 1. The molecule has 1 unspecified atom stereocenters. The minimum Gasteiger partial charge on any atom is -0.377 e. The molecule has 19 heavy (non-hydrogen) atoms. The molecule has 0 radical (unpaired) electrons. The van der Waals surface area contributed by atoms with Gasteiger partial charge in [0, 0.05) is 0 Å². The largest absolute Gasteiger partial charge is 0.377 e. The molecule has 1 heterocycles. The Kier molecular flexibility index (Phi) is 4.97. The molecule has 0 fully saturated rings. The van der Waals surface area contributed by atoms with Gasteiger partial charge >= 0.3 is 0 Å². The Morgan fingerprint density at radius 1 is 1.26 bits per heavy atom. The fraction of sp³-hybridized carbons (Fsp3) is 0.312. The van der Waals surface area contributed by atoms with Crippen LogP contribution in [0.5, 0.6) is 0 Å². The number of hydrogen-bond donors (Lipinski definition) is 1. The zero-order valence-electron chi connectivity index (χ0n) is 11.4. The maximum Gasteiger partial charge on any atom is 0.109 e. The SMILES string of the molecule is CCCC(Nc1cnc(Br)c(C)c1)c1ccccc1. The van der Waals surface area contributed by atoms with Gasteiger partial charge in [-0.05, 0) is 46.5 Å². The number of nitrogens with one attached hydrogen (secondary N) is 1. The van der Waals surface area contributed by atoms with Crippen molar-refractivity contribution in [2.24, 2.45) is 0 Å². The van der Waals surface area contributed by atoms with Crippen LogP contribution in [0.25, 0.3) is 0 Å². The van der Waals surface area contributed by atoms with Crippen LogP contribution in [0.15, 0.2) is 47.2 Å². The lowest BCUT2D eigenvalue weighted by atomic mass is 10.0. The van der Waals surface area contributed by atoms with Gasteiger partial charge in [-0.3, -0.25) is 0 Å². The third-order valence-electron chi connectivity index (χ3n) is 3.13. The lowest BCUT2D eigenvalue weighted by molar-refractivity contribution is 0.677. The molecular formula is C16H19BrN2. The molecule has 0 aliphatic rings. The van der Waals surface area contributed by atoms with E-state index in [1.807, 2.05) is 6.20 Å². The fourth-order valence-electron chi connectivity index (χ4n) is 2.13. The molecule has 2 nitrogen and oxygen atoms in total. The topological polar surface area (TPSA) is 24.9 Å². The molecule has 1 aromatic carbocycles. The van der Waals surface area contributed by atoms with E-state index >= 15 is 0 Å². The Balaban J connectivity index is 2.19. The highest BCUT2D eigenvalue weighted by atomic mass is 79.9. The summed E-state index contributed by atoms with van der Waals surface area (Å²) in [6.07, 6.45) is 4.14. The predicted octanol–water partition coefficient (Wildman–Crippen LogP) is 5.11. The summed E-state index contributed by atoms with van der Waals surface area (Å²) < 4.78 is 0.907. The van der Waals surface area contributed by atoms with E-state index in [9.17, 15) is 0 Å². The fourth-order valence-corrected chi connectivity index (χ4v) is 2.35. The number of hydrogen-bond acceptors (Lipinski definition) is 2. The molecule has 1 atom stereocenters. The van der Waals surface area contributed by atoms with Crippen molar-refractivity contribution < 1.29 is 0 Å².